The number of hydrogen-bond acceptors (Lipinski definition) is 4. The summed E-state index contributed by atoms with van der Waals surface area (Å²) in [5, 5.41) is 8.54. The fourth-order valence-corrected chi connectivity index (χ4v) is 3.87. The molecule has 8 heteroatoms. The van der Waals surface area contributed by atoms with Crippen molar-refractivity contribution >= 4 is 16.0 Å². The van der Waals surface area contributed by atoms with Gasteiger partial charge in [-0.25, -0.2) is 17.6 Å². The second-order valence-electron chi connectivity index (χ2n) is 5.17. The SMILES string of the molecule is O=C(O)CO[C@H]1CCN(S(=O)(=O)CCc2cccc(F)c2)C1. The van der Waals surface area contributed by atoms with Crippen LogP contribution in [0.4, 0.5) is 4.39 Å². The first-order valence-corrected chi connectivity index (χ1v) is 8.53. The smallest absolute Gasteiger partial charge is 0.329 e. The van der Waals surface area contributed by atoms with E-state index < -0.39 is 28.4 Å². The Morgan fingerprint density at radius 1 is 1.45 bits per heavy atom. The molecule has 1 saturated heterocycles. The maximum Gasteiger partial charge on any atom is 0.329 e. The highest BCUT2D eigenvalue weighted by atomic mass is 32.2. The standard InChI is InChI=1S/C14H18FNO5S/c15-12-3-1-2-11(8-12)5-7-22(19,20)16-6-4-13(9-16)21-10-14(17)18/h1-3,8,13H,4-7,9-10H2,(H,17,18)/t13-/m0/s1. The van der Waals surface area contributed by atoms with Crippen molar-refractivity contribution < 1.29 is 27.4 Å². The molecule has 6 nitrogen and oxygen atoms in total. The highest BCUT2D eigenvalue weighted by Crippen LogP contribution is 2.18. The average molecular weight is 331 g/mol. The third-order valence-corrected chi connectivity index (χ3v) is 5.32. The first-order chi connectivity index (χ1) is 10.4. The summed E-state index contributed by atoms with van der Waals surface area (Å²) >= 11 is 0. The van der Waals surface area contributed by atoms with E-state index >= 15 is 0 Å². The number of aryl methyl sites for hydroxylation is 1. The summed E-state index contributed by atoms with van der Waals surface area (Å²) in [7, 11) is -3.46. The van der Waals surface area contributed by atoms with Gasteiger partial charge in [0, 0.05) is 13.1 Å². The van der Waals surface area contributed by atoms with Crippen LogP contribution >= 0.6 is 0 Å². The number of nitrogens with zero attached hydrogens (tertiary/aromatic N) is 1. The van der Waals surface area contributed by atoms with E-state index in [1.165, 1.54) is 16.4 Å². The Bertz CT molecular complexity index is 634. The van der Waals surface area contributed by atoms with Crippen molar-refractivity contribution in [2.45, 2.75) is 18.9 Å². The van der Waals surface area contributed by atoms with Crippen molar-refractivity contribution in [1.82, 2.24) is 4.31 Å². The lowest BCUT2D eigenvalue weighted by atomic mass is 10.2. The molecule has 1 N–H and O–H groups in total. The molecule has 1 aliphatic rings. The summed E-state index contributed by atoms with van der Waals surface area (Å²) in [5.41, 5.74) is 0.626. The molecular formula is C14H18FNO5S. The van der Waals surface area contributed by atoms with Crippen LogP contribution in [0.5, 0.6) is 0 Å². The Kier molecular flexibility index (Phi) is 5.49. The van der Waals surface area contributed by atoms with Gasteiger partial charge >= 0.3 is 5.97 Å². The normalized spacial score (nSPS) is 19.4. The molecule has 0 aromatic heterocycles. The Hall–Kier alpha value is -1.51. The van der Waals surface area contributed by atoms with Crippen molar-refractivity contribution in [3.63, 3.8) is 0 Å². The van der Waals surface area contributed by atoms with Crippen molar-refractivity contribution in [3.05, 3.63) is 35.6 Å². The van der Waals surface area contributed by atoms with Crippen LogP contribution in [0.25, 0.3) is 0 Å². The average Bonchev–Trinajstić information content (AvgIpc) is 2.93. The van der Waals surface area contributed by atoms with Gasteiger partial charge in [-0.2, -0.15) is 4.31 Å². The van der Waals surface area contributed by atoms with Gasteiger partial charge < -0.3 is 9.84 Å². The van der Waals surface area contributed by atoms with Crippen LogP contribution in [0, 0.1) is 5.82 Å². The minimum atomic E-state index is -3.46. The zero-order valence-electron chi connectivity index (χ0n) is 11.9. The van der Waals surface area contributed by atoms with Crippen LogP contribution in [-0.4, -0.2) is 55.4 Å². The summed E-state index contributed by atoms with van der Waals surface area (Å²) in [4.78, 5) is 10.4. The molecule has 0 saturated carbocycles. The van der Waals surface area contributed by atoms with Gasteiger partial charge in [0.1, 0.15) is 12.4 Å². The van der Waals surface area contributed by atoms with E-state index in [9.17, 15) is 17.6 Å². The number of carboxylic acids is 1. The molecule has 1 aromatic carbocycles. The Balaban J connectivity index is 1.87. The van der Waals surface area contributed by atoms with Gasteiger partial charge in [-0.1, -0.05) is 12.1 Å². The molecule has 0 amide bonds. The number of aliphatic carboxylic acids is 1. The topological polar surface area (TPSA) is 83.9 Å². The molecule has 1 atom stereocenters. The molecule has 0 bridgehead atoms. The monoisotopic (exact) mass is 331 g/mol. The second-order valence-corrected chi connectivity index (χ2v) is 7.26. The Morgan fingerprint density at radius 2 is 2.23 bits per heavy atom. The van der Waals surface area contributed by atoms with Gasteiger partial charge in [0.2, 0.25) is 10.0 Å². The highest BCUT2D eigenvalue weighted by Gasteiger charge is 2.31. The first kappa shape index (κ1) is 16.9. The number of halogens is 1. The maximum atomic E-state index is 13.1. The molecule has 1 aliphatic heterocycles. The largest absolute Gasteiger partial charge is 0.480 e. The Labute approximate surface area is 128 Å². The van der Waals surface area contributed by atoms with E-state index in [1.54, 1.807) is 12.1 Å². The molecule has 1 heterocycles. The summed E-state index contributed by atoms with van der Waals surface area (Å²) in [6.07, 6.45) is 0.323. The number of benzene rings is 1. The number of hydrogen-bond donors (Lipinski definition) is 1. The lowest BCUT2D eigenvalue weighted by Crippen LogP contribution is -2.33. The molecule has 1 aromatic rings. The van der Waals surface area contributed by atoms with Gasteiger partial charge in [0.15, 0.2) is 0 Å². The quantitative estimate of drug-likeness (QED) is 0.802. The van der Waals surface area contributed by atoms with Gasteiger partial charge in [0.05, 0.1) is 11.9 Å². The summed E-state index contributed by atoms with van der Waals surface area (Å²) in [5.74, 6) is -1.58. The summed E-state index contributed by atoms with van der Waals surface area (Å²) < 4.78 is 44.0. The predicted octanol–water partition coefficient (Wildman–Crippen LogP) is 0.874. The van der Waals surface area contributed by atoms with E-state index in [2.05, 4.69) is 0 Å². The van der Waals surface area contributed by atoms with E-state index in [-0.39, 0.29) is 24.8 Å². The number of sulfonamides is 1. The third-order valence-electron chi connectivity index (χ3n) is 3.48. The zero-order chi connectivity index (χ0) is 16.2. The number of rotatable bonds is 7. The maximum absolute atomic E-state index is 13.1. The first-order valence-electron chi connectivity index (χ1n) is 6.92. The summed E-state index contributed by atoms with van der Waals surface area (Å²) in [6, 6.07) is 5.85. The van der Waals surface area contributed by atoms with Crippen LogP contribution in [0.2, 0.25) is 0 Å². The highest BCUT2D eigenvalue weighted by molar-refractivity contribution is 7.89. The van der Waals surface area contributed by atoms with Crippen LogP contribution in [0.1, 0.15) is 12.0 Å². The molecule has 0 radical (unpaired) electrons. The molecule has 122 valence electrons. The molecule has 2 rings (SSSR count). The molecule has 0 unspecified atom stereocenters. The van der Waals surface area contributed by atoms with Gasteiger partial charge in [0.25, 0.3) is 0 Å². The fourth-order valence-electron chi connectivity index (χ4n) is 2.34. The van der Waals surface area contributed by atoms with E-state index in [0.717, 1.165) is 0 Å². The molecule has 22 heavy (non-hydrogen) atoms. The number of carbonyl (C=O) groups is 1. The van der Waals surface area contributed by atoms with Crippen molar-refractivity contribution in [1.29, 1.82) is 0 Å². The van der Waals surface area contributed by atoms with E-state index in [0.29, 0.717) is 18.5 Å². The van der Waals surface area contributed by atoms with Crippen LogP contribution in [0.3, 0.4) is 0 Å². The predicted molar refractivity (Wildman–Crippen MR) is 77.5 cm³/mol. The van der Waals surface area contributed by atoms with E-state index in [4.69, 9.17) is 9.84 Å². The molecule has 0 aliphatic carbocycles. The number of carboxylic acid groups (broad SMARTS) is 1. The molecular weight excluding hydrogens is 313 g/mol. The second kappa shape index (κ2) is 7.17. The lowest BCUT2D eigenvalue weighted by molar-refractivity contribution is -0.144. The van der Waals surface area contributed by atoms with Gasteiger partial charge in [-0.3, -0.25) is 0 Å². The number of ether oxygens (including phenoxy) is 1. The van der Waals surface area contributed by atoms with Crippen molar-refractivity contribution in [2.75, 3.05) is 25.4 Å². The van der Waals surface area contributed by atoms with Gasteiger partial charge in [-0.05, 0) is 30.5 Å². The van der Waals surface area contributed by atoms with Crippen LogP contribution in [0.15, 0.2) is 24.3 Å². The van der Waals surface area contributed by atoms with Crippen molar-refractivity contribution in [3.8, 4) is 0 Å². The minimum absolute atomic E-state index is 0.109. The molecule has 1 fully saturated rings. The fraction of sp³-hybridized carbons (Fsp3) is 0.500. The zero-order valence-corrected chi connectivity index (χ0v) is 12.8. The molecule has 0 spiro atoms. The third kappa shape index (κ3) is 4.75. The summed E-state index contributed by atoms with van der Waals surface area (Å²) in [6.45, 7) is 0.0520. The van der Waals surface area contributed by atoms with Gasteiger partial charge in [-0.15, -0.1) is 0 Å². The Morgan fingerprint density at radius 3 is 2.91 bits per heavy atom. The van der Waals surface area contributed by atoms with Crippen LogP contribution < -0.4 is 0 Å². The van der Waals surface area contributed by atoms with E-state index in [1.807, 2.05) is 0 Å². The lowest BCUT2D eigenvalue weighted by Gasteiger charge is -2.16. The van der Waals surface area contributed by atoms with Crippen LogP contribution in [-0.2, 0) is 26.0 Å². The van der Waals surface area contributed by atoms with Crippen molar-refractivity contribution in [2.24, 2.45) is 0 Å². The minimum Gasteiger partial charge on any atom is -0.480 e.